The minimum Gasteiger partial charge on any atom is -0.504 e. The van der Waals surface area contributed by atoms with E-state index in [4.69, 9.17) is 11.7 Å². The molecule has 0 bridgehead atoms. The second-order valence-electron chi connectivity index (χ2n) is 7.48. The highest BCUT2D eigenvalue weighted by atomic mass is 32.1. The standard InChI is InChI=1S/C24H20N6O5S/c25-28-23(29-26)22-9-8-21(36-22)15-6-1-2-7-17(15)27-24(33)14-5-3-4-13(10-14)16-11-19(31)20(32)12-18(16)30(34)35/h1-12,31-32H,25-26H2,(H,27,33)(H,28,29). The van der Waals surface area contributed by atoms with Crippen molar-refractivity contribution in [2.45, 2.75) is 0 Å². The maximum absolute atomic E-state index is 13.1. The summed E-state index contributed by atoms with van der Waals surface area (Å²) in [6.45, 7) is 0. The van der Waals surface area contributed by atoms with Crippen LogP contribution in [0, 0.1) is 10.1 Å². The number of carbonyl (C=O) groups excluding carboxylic acids is 1. The Hall–Kier alpha value is -4.94. The van der Waals surface area contributed by atoms with Gasteiger partial charge in [0.25, 0.3) is 11.6 Å². The minimum atomic E-state index is -0.673. The average molecular weight is 505 g/mol. The van der Waals surface area contributed by atoms with Gasteiger partial charge in [0.2, 0.25) is 0 Å². The molecule has 8 N–H and O–H groups in total. The van der Waals surface area contributed by atoms with E-state index in [1.807, 2.05) is 18.2 Å². The van der Waals surface area contributed by atoms with E-state index < -0.39 is 28.0 Å². The first-order chi connectivity index (χ1) is 17.3. The molecule has 3 aromatic carbocycles. The number of anilines is 1. The first kappa shape index (κ1) is 24.2. The largest absolute Gasteiger partial charge is 0.504 e. The summed E-state index contributed by atoms with van der Waals surface area (Å²) in [6.07, 6.45) is 0. The second-order valence-corrected chi connectivity index (χ2v) is 8.57. The van der Waals surface area contributed by atoms with Crippen molar-refractivity contribution in [2.24, 2.45) is 16.8 Å². The lowest BCUT2D eigenvalue weighted by Gasteiger charge is -2.11. The number of nitro benzene ring substituents is 1. The van der Waals surface area contributed by atoms with Crippen molar-refractivity contribution in [3.63, 3.8) is 0 Å². The van der Waals surface area contributed by atoms with Crippen LogP contribution in [0.3, 0.4) is 0 Å². The molecule has 0 unspecified atom stereocenters. The molecule has 0 fully saturated rings. The lowest BCUT2D eigenvalue weighted by molar-refractivity contribution is -0.384. The molecule has 182 valence electrons. The molecule has 4 rings (SSSR count). The van der Waals surface area contributed by atoms with Gasteiger partial charge in [0, 0.05) is 21.7 Å². The van der Waals surface area contributed by atoms with Gasteiger partial charge in [-0.15, -0.1) is 11.3 Å². The molecular formula is C24H20N6O5S. The lowest BCUT2D eigenvalue weighted by atomic mass is 10.00. The molecule has 0 aliphatic carbocycles. The van der Waals surface area contributed by atoms with Gasteiger partial charge in [-0.3, -0.25) is 14.9 Å². The predicted octanol–water partition coefficient (Wildman–Crippen LogP) is 3.74. The van der Waals surface area contributed by atoms with E-state index in [2.05, 4.69) is 15.8 Å². The summed E-state index contributed by atoms with van der Waals surface area (Å²) < 4.78 is 0. The number of hydrogen-bond acceptors (Lipinski definition) is 9. The number of nitro groups is 1. The smallest absolute Gasteiger partial charge is 0.281 e. The lowest BCUT2D eigenvalue weighted by Crippen LogP contribution is -2.31. The molecule has 0 radical (unpaired) electrons. The monoisotopic (exact) mass is 504 g/mol. The van der Waals surface area contributed by atoms with Crippen molar-refractivity contribution < 1.29 is 19.9 Å². The van der Waals surface area contributed by atoms with Gasteiger partial charge in [0.1, 0.15) is 0 Å². The van der Waals surface area contributed by atoms with E-state index in [9.17, 15) is 25.1 Å². The summed E-state index contributed by atoms with van der Waals surface area (Å²) in [5, 5.41) is 37.5. The quantitative estimate of drug-likeness (QED) is 0.0571. The fourth-order valence-electron chi connectivity index (χ4n) is 3.56. The summed E-state index contributed by atoms with van der Waals surface area (Å²) in [6, 6.07) is 19.0. The number of thiophene rings is 1. The molecule has 1 heterocycles. The highest BCUT2D eigenvalue weighted by Crippen LogP contribution is 2.39. The molecule has 11 nitrogen and oxygen atoms in total. The Balaban J connectivity index is 1.66. The normalized spacial score (nSPS) is 11.2. The summed E-state index contributed by atoms with van der Waals surface area (Å²) in [5.74, 6) is 9.55. The number of nitrogens with two attached hydrogens (primary N) is 2. The molecule has 0 aliphatic rings. The summed E-state index contributed by atoms with van der Waals surface area (Å²) in [4.78, 5) is 25.5. The molecule has 12 heteroatoms. The number of carbonyl (C=O) groups is 1. The molecule has 1 aromatic heterocycles. The zero-order valence-corrected chi connectivity index (χ0v) is 19.3. The van der Waals surface area contributed by atoms with Crippen molar-refractivity contribution in [3.8, 4) is 33.1 Å². The number of hydrogen-bond donors (Lipinski definition) is 6. The van der Waals surface area contributed by atoms with E-state index in [0.29, 0.717) is 22.0 Å². The van der Waals surface area contributed by atoms with Crippen molar-refractivity contribution in [1.29, 1.82) is 0 Å². The minimum absolute atomic E-state index is 0.0577. The van der Waals surface area contributed by atoms with Crippen LogP contribution in [-0.2, 0) is 0 Å². The maximum atomic E-state index is 13.1. The summed E-state index contributed by atoms with van der Waals surface area (Å²) in [5.41, 5.74) is 3.94. The Morgan fingerprint density at radius 1 is 0.972 bits per heavy atom. The topological polar surface area (TPSA) is 189 Å². The molecule has 0 aliphatic heterocycles. The van der Waals surface area contributed by atoms with Crippen molar-refractivity contribution >= 4 is 34.5 Å². The van der Waals surface area contributed by atoms with Crippen LogP contribution in [0.4, 0.5) is 11.4 Å². The van der Waals surface area contributed by atoms with E-state index >= 15 is 0 Å². The molecule has 0 spiro atoms. The fraction of sp³-hybridized carbons (Fsp3) is 0. The molecular weight excluding hydrogens is 484 g/mol. The van der Waals surface area contributed by atoms with Gasteiger partial charge in [0.05, 0.1) is 21.4 Å². The number of para-hydroxylation sites is 1. The van der Waals surface area contributed by atoms with Crippen LogP contribution in [0.15, 0.2) is 77.9 Å². The third-order valence-electron chi connectivity index (χ3n) is 5.27. The van der Waals surface area contributed by atoms with Gasteiger partial charge in [-0.2, -0.15) is 5.10 Å². The Morgan fingerprint density at radius 3 is 2.44 bits per heavy atom. The van der Waals surface area contributed by atoms with E-state index in [-0.39, 0.29) is 11.1 Å². The first-order valence-electron chi connectivity index (χ1n) is 10.4. The van der Waals surface area contributed by atoms with Crippen molar-refractivity contribution in [1.82, 2.24) is 5.43 Å². The maximum Gasteiger partial charge on any atom is 0.281 e. The van der Waals surface area contributed by atoms with Gasteiger partial charge < -0.3 is 26.8 Å². The molecule has 0 saturated heterocycles. The molecule has 0 saturated carbocycles. The van der Waals surface area contributed by atoms with Crippen LogP contribution in [0.25, 0.3) is 21.6 Å². The van der Waals surface area contributed by atoms with Crippen molar-refractivity contribution in [3.05, 3.63) is 93.4 Å². The van der Waals surface area contributed by atoms with Gasteiger partial charge in [-0.05, 0) is 42.0 Å². The number of phenolic OH excluding ortho intramolecular Hbond substituents is 2. The fourth-order valence-corrected chi connectivity index (χ4v) is 4.56. The third kappa shape index (κ3) is 4.80. The van der Waals surface area contributed by atoms with Gasteiger partial charge >= 0.3 is 0 Å². The highest BCUT2D eigenvalue weighted by molar-refractivity contribution is 7.17. The number of amidine groups is 1. The van der Waals surface area contributed by atoms with E-state index in [0.717, 1.165) is 22.6 Å². The number of hydrazine groups is 1. The van der Waals surface area contributed by atoms with Crippen LogP contribution < -0.4 is 22.4 Å². The van der Waals surface area contributed by atoms with E-state index in [1.165, 1.54) is 17.4 Å². The third-order valence-corrected chi connectivity index (χ3v) is 6.40. The van der Waals surface area contributed by atoms with Crippen molar-refractivity contribution in [2.75, 3.05) is 5.32 Å². The number of nitrogens with zero attached hydrogens (tertiary/aromatic N) is 2. The number of benzene rings is 3. The van der Waals surface area contributed by atoms with E-state index in [1.54, 1.807) is 36.4 Å². The second kappa shape index (κ2) is 10.1. The predicted molar refractivity (Wildman–Crippen MR) is 138 cm³/mol. The van der Waals surface area contributed by atoms with Crippen LogP contribution >= 0.6 is 11.3 Å². The Morgan fingerprint density at radius 2 is 1.72 bits per heavy atom. The van der Waals surface area contributed by atoms with Gasteiger partial charge in [0.15, 0.2) is 17.3 Å². The van der Waals surface area contributed by atoms with Crippen LogP contribution in [0.2, 0.25) is 0 Å². The zero-order valence-electron chi connectivity index (χ0n) is 18.5. The zero-order chi connectivity index (χ0) is 25.8. The van der Waals surface area contributed by atoms with Crippen LogP contribution in [0.1, 0.15) is 15.2 Å². The Bertz CT molecular complexity index is 1500. The number of rotatable bonds is 6. The first-order valence-corrected chi connectivity index (χ1v) is 11.2. The Labute approximate surface area is 208 Å². The molecule has 4 aromatic rings. The number of amides is 1. The molecule has 0 atom stereocenters. The van der Waals surface area contributed by atoms with Crippen LogP contribution in [0.5, 0.6) is 11.5 Å². The molecule has 1 amide bonds. The van der Waals surface area contributed by atoms with Gasteiger partial charge in [-0.1, -0.05) is 30.3 Å². The highest BCUT2D eigenvalue weighted by Gasteiger charge is 2.20. The number of hydrazone groups is 1. The average Bonchev–Trinajstić information content (AvgIpc) is 3.36. The number of nitrogens with one attached hydrogen (secondary N) is 2. The summed E-state index contributed by atoms with van der Waals surface area (Å²) in [7, 11) is 0. The summed E-state index contributed by atoms with van der Waals surface area (Å²) >= 11 is 1.37. The SMILES string of the molecule is N/N=C(\NN)c1ccc(-c2ccccc2NC(=O)c2cccc(-c3cc(O)c(O)cc3[N+](=O)[O-])c2)s1. The van der Waals surface area contributed by atoms with Gasteiger partial charge in [-0.25, -0.2) is 5.84 Å². The molecule has 36 heavy (non-hydrogen) atoms. The van der Waals surface area contributed by atoms with Crippen LogP contribution in [-0.4, -0.2) is 26.9 Å². The Kier molecular flexibility index (Phi) is 6.81. The number of phenols is 2. The number of aromatic hydroxyl groups is 2.